The number of hydrogen-bond acceptors (Lipinski definition) is 1. The van der Waals surface area contributed by atoms with E-state index in [4.69, 9.17) is 17.1 Å². The summed E-state index contributed by atoms with van der Waals surface area (Å²) >= 11 is 5.61. The lowest BCUT2D eigenvalue weighted by molar-refractivity contribution is -0.106. The summed E-state index contributed by atoms with van der Waals surface area (Å²) in [7, 11) is 0. The van der Waals surface area contributed by atoms with Gasteiger partial charge in [-0.25, -0.2) is 0 Å². The summed E-state index contributed by atoms with van der Waals surface area (Å²) in [5, 5.41) is 0.571. The van der Waals surface area contributed by atoms with Crippen molar-refractivity contribution in [1.82, 2.24) is 0 Å². The Bertz CT molecular complexity index is 339. The van der Waals surface area contributed by atoms with Crippen LogP contribution in [0.4, 0.5) is 0 Å². The molecule has 0 aliphatic heterocycles. The van der Waals surface area contributed by atoms with Gasteiger partial charge < -0.3 is 5.53 Å². The molecule has 0 fully saturated rings. The second-order valence-corrected chi connectivity index (χ2v) is 2.55. The third-order valence-electron chi connectivity index (χ3n) is 1.36. The summed E-state index contributed by atoms with van der Waals surface area (Å²) in [4.78, 5) is 13.1. The first-order chi connectivity index (χ1) is 5.77. The van der Waals surface area contributed by atoms with Crippen LogP contribution in [0.1, 0.15) is 5.56 Å². The first-order valence-electron chi connectivity index (χ1n) is 3.21. The van der Waals surface area contributed by atoms with Gasteiger partial charge in [0.05, 0.1) is 5.56 Å². The van der Waals surface area contributed by atoms with Crippen LogP contribution in [0.5, 0.6) is 0 Å². The summed E-state index contributed by atoms with van der Waals surface area (Å²) in [6, 6.07) is 6.44. The van der Waals surface area contributed by atoms with Crippen molar-refractivity contribution < 1.29 is 9.58 Å². The minimum Gasteiger partial charge on any atom is -0.361 e. The second kappa shape index (κ2) is 3.81. The van der Waals surface area contributed by atoms with E-state index in [2.05, 4.69) is 4.79 Å². The maximum atomic E-state index is 10.3. The third kappa shape index (κ3) is 1.78. The van der Waals surface area contributed by atoms with Gasteiger partial charge in [-0.05, 0) is 24.3 Å². The van der Waals surface area contributed by atoms with Gasteiger partial charge >= 0.3 is 5.71 Å². The Morgan fingerprint density at radius 1 is 1.42 bits per heavy atom. The van der Waals surface area contributed by atoms with E-state index in [9.17, 15) is 4.79 Å². The molecule has 0 heterocycles. The molecule has 0 aliphatic carbocycles. The summed E-state index contributed by atoms with van der Waals surface area (Å²) in [6.45, 7) is 0. The van der Waals surface area contributed by atoms with Crippen LogP contribution in [0, 0.1) is 0 Å². The molecule has 0 amide bonds. The molecule has 0 aromatic heterocycles. The van der Waals surface area contributed by atoms with Gasteiger partial charge in [-0.2, -0.15) is 4.79 Å². The van der Waals surface area contributed by atoms with Crippen LogP contribution in [-0.4, -0.2) is 16.8 Å². The van der Waals surface area contributed by atoms with Gasteiger partial charge in [-0.15, -0.1) is 0 Å². The summed E-state index contributed by atoms with van der Waals surface area (Å²) in [6.07, 6.45) is 0.475. The highest BCUT2D eigenvalue weighted by Crippen LogP contribution is 2.08. The van der Waals surface area contributed by atoms with E-state index in [1.807, 2.05) is 0 Å². The number of hydrogen-bond donors (Lipinski definition) is 0. The highest BCUT2D eigenvalue weighted by atomic mass is 35.5. The first-order valence-corrected chi connectivity index (χ1v) is 3.59. The number of aldehydes is 1. The van der Waals surface area contributed by atoms with E-state index < -0.39 is 0 Å². The number of carbonyl (C=O) groups is 1. The van der Waals surface area contributed by atoms with Gasteiger partial charge in [0, 0.05) is 5.02 Å². The van der Waals surface area contributed by atoms with Crippen molar-refractivity contribution in [2.45, 2.75) is 0 Å². The van der Waals surface area contributed by atoms with Crippen molar-refractivity contribution in [2.24, 2.45) is 0 Å². The number of carbonyl (C=O) groups excluding carboxylic acids is 1. The Morgan fingerprint density at radius 2 is 2.00 bits per heavy atom. The standard InChI is InChI=1S/C8H5ClN2O/c9-7-3-1-6(2-4-7)8(5-12)11-10/h1-5H. The van der Waals surface area contributed by atoms with E-state index in [1.165, 1.54) is 0 Å². The summed E-state index contributed by atoms with van der Waals surface area (Å²) < 4.78 is 0. The van der Waals surface area contributed by atoms with Crippen molar-refractivity contribution in [2.75, 3.05) is 0 Å². The quantitative estimate of drug-likeness (QED) is 0.295. The fourth-order valence-corrected chi connectivity index (χ4v) is 0.896. The molecular formula is C8H5ClN2O. The van der Waals surface area contributed by atoms with E-state index in [0.29, 0.717) is 16.9 Å². The molecule has 3 nitrogen and oxygen atoms in total. The molecule has 0 atom stereocenters. The van der Waals surface area contributed by atoms with Gasteiger partial charge in [0.2, 0.25) is 6.29 Å². The SMILES string of the molecule is [N-]=[N+]=C(C=O)c1ccc(Cl)cc1. The predicted molar refractivity (Wildman–Crippen MR) is 45.2 cm³/mol. The van der Waals surface area contributed by atoms with Gasteiger partial charge in [-0.1, -0.05) is 11.6 Å². The monoisotopic (exact) mass is 180 g/mol. The number of nitrogens with zero attached hydrogens (tertiary/aromatic N) is 2. The molecule has 60 valence electrons. The normalized spacial score (nSPS) is 8.75. The van der Waals surface area contributed by atoms with Gasteiger partial charge in [-0.3, -0.25) is 4.79 Å². The largest absolute Gasteiger partial charge is 0.361 e. The fourth-order valence-electron chi connectivity index (χ4n) is 0.770. The molecule has 0 spiro atoms. The number of halogens is 1. The molecule has 0 aliphatic rings. The molecule has 0 radical (unpaired) electrons. The van der Waals surface area contributed by atoms with Crippen molar-refractivity contribution in [3.8, 4) is 0 Å². The van der Waals surface area contributed by atoms with E-state index >= 15 is 0 Å². The number of benzene rings is 1. The second-order valence-electron chi connectivity index (χ2n) is 2.11. The first kappa shape index (κ1) is 8.65. The zero-order valence-electron chi connectivity index (χ0n) is 6.07. The Balaban J connectivity index is 3.12. The topological polar surface area (TPSA) is 53.5 Å². The van der Waals surface area contributed by atoms with E-state index in [1.54, 1.807) is 24.3 Å². The average Bonchev–Trinajstić information content (AvgIpc) is 2.10. The van der Waals surface area contributed by atoms with Crippen LogP contribution in [0.3, 0.4) is 0 Å². The number of rotatable bonds is 2. The molecule has 12 heavy (non-hydrogen) atoms. The van der Waals surface area contributed by atoms with Crippen molar-refractivity contribution in [3.05, 3.63) is 40.4 Å². The van der Waals surface area contributed by atoms with Gasteiger partial charge in [0.25, 0.3) is 0 Å². The lowest BCUT2D eigenvalue weighted by atomic mass is 10.1. The highest BCUT2D eigenvalue weighted by molar-refractivity contribution is 6.34. The van der Waals surface area contributed by atoms with Crippen LogP contribution in [0.2, 0.25) is 5.02 Å². The third-order valence-corrected chi connectivity index (χ3v) is 1.61. The molecule has 1 aromatic carbocycles. The molecule has 0 bridgehead atoms. The molecule has 0 saturated carbocycles. The molecule has 0 saturated heterocycles. The fraction of sp³-hybridized carbons (Fsp3) is 0. The Hall–Kier alpha value is -1.44. The van der Waals surface area contributed by atoms with Gasteiger partial charge in [0.1, 0.15) is 0 Å². The maximum Gasteiger partial charge on any atom is 0.361 e. The lowest BCUT2D eigenvalue weighted by Gasteiger charge is -1.89. The molecule has 1 rings (SSSR count). The van der Waals surface area contributed by atoms with Crippen LogP contribution < -0.4 is 0 Å². The van der Waals surface area contributed by atoms with Crippen LogP contribution in [0.15, 0.2) is 24.3 Å². The minimum atomic E-state index is -0.00772. The maximum absolute atomic E-state index is 10.3. The lowest BCUT2D eigenvalue weighted by Crippen LogP contribution is -2.02. The van der Waals surface area contributed by atoms with E-state index in [-0.39, 0.29) is 5.71 Å². The predicted octanol–water partition coefficient (Wildman–Crippen LogP) is 1.56. The highest BCUT2D eigenvalue weighted by Gasteiger charge is 2.08. The van der Waals surface area contributed by atoms with Crippen LogP contribution >= 0.6 is 11.6 Å². The van der Waals surface area contributed by atoms with Crippen LogP contribution in [-0.2, 0) is 4.79 Å². The van der Waals surface area contributed by atoms with Crippen molar-refractivity contribution in [3.63, 3.8) is 0 Å². The summed E-state index contributed by atoms with van der Waals surface area (Å²) in [5.74, 6) is 0. The molecule has 0 N–H and O–H groups in total. The minimum absolute atomic E-state index is 0.00772. The molecule has 0 unspecified atom stereocenters. The Morgan fingerprint density at radius 3 is 2.42 bits per heavy atom. The summed E-state index contributed by atoms with van der Waals surface area (Å²) in [5.41, 5.74) is 8.90. The Labute approximate surface area is 74.2 Å². The molecular weight excluding hydrogens is 176 g/mol. The Kier molecular flexibility index (Phi) is 2.75. The van der Waals surface area contributed by atoms with Crippen LogP contribution in [0.25, 0.3) is 5.53 Å². The molecule has 4 heteroatoms. The van der Waals surface area contributed by atoms with Crippen molar-refractivity contribution >= 4 is 23.6 Å². The zero-order chi connectivity index (χ0) is 8.97. The van der Waals surface area contributed by atoms with E-state index in [0.717, 1.165) is 0 Å². The smallest absolute Gasteiger partial charge is 0.361 e. The average molecular weight is 181 g/mol. The molecule has 1 aromatic rings. The van der Waals surface area contributed by atoms with Gasteiger partial charge in [0.15, 0.2) is 0 Å². The van der Waals surface area contributed by atoms with Crippen molar-refractivity contribution in [1.29, 1.82) is 0 Å². The zero-order valence-corrected chi connectivity index (χ0v) is 6.82.